The van der Waals surface area contributed by atoms with Crippen molar-refractivity contribution in [2.24, 2.45) is 0 Å². The predicted molar refractivity (Wildman–Crippen MR) is 107 cm³/mol. The summed E-state index contributed by atoms with van der Waals surface area (Å²) in [6.07, 6.45) is 2.04. The van der Waals surface area contributed by atoms with Crippen LogP contribution >= 0.6 is 23.4 Å². The first kappa shape index (κ1) is 19.5. The summed E-state index contributed by atoms with van der Waals surface area (Å²) < 4.78 is 33.4. The van der Waals surface area contributed by atoms with E-state index in [1.165, 1.54) is 0 Å². The molecule has 1 saturated heterocycles. The zero-order valence-electron chi connectivity index (χ0n) is 14.6. The van der Waals surface area contributed by atoms with Crippen molar-refractivity contribution >= 4 is 33.4 Å². The lowest BCUT2D eigenvalue weighted by atomic mass is 10.2. The van der Waals surface area contributed by atoms with Crippen LogP contribution in [0.25, 0.3) is 0 Å². The molecule has 3 rings (SSSR count). The van der Waals surface area contributed by atoms with Gasteiger partial charge in [-0.25, -0.2) is 8.42 Å². The molecule has 2 aromatic carbocycles. The van der Waals surface area contributed by atoms with E-state index in [1.54, 1.807) is 46.4 Å². The zero-order valence-corrected chi connectivity index (χ0v) is 17.0. The molecule has 1 heterocycles. The smallest absolute Gasteiger partial charge is 0.244 e. The van der Waals surface area contributed by atoms with Crippen LogP contribution in [0.2, 0.25) is 5.02 Å². The Balaban J connectivity index is 1.80. The number of hydrogen-bond acceptors (Lipinski definition) is 4. The topological polar surface area (TPSA) is 46.6 Å². The first-order valence-corrected chi connectivity index (χ1v) is 11.5. The van der Waals surface area contributed by atoms with E-state index in [1.807, 2.05) is 18.2 Å². The lowest BCUT2D eigenvalue weighted by Crippen LogP contribution is -2.30. The average molecular weight is 412 g/mol. The number of thioether (sulfide) groups is 1. The molecule has 0 N–H and O–H groups in total. The zero-order chi connectivity index (χ0) is 18.6. The normalized spacial score (nSPS) is 18.2. The van der Waals surface area contributed by atoms with Crippen molar-refractivity contribution < 1.29 is 13.2 Å². The maximum Gasteiger partial charge on any atom is 0.244 e. The van der Waals surface area contributed by atoms with E-state index < -0.39 is 10.0 Å². The van der Waals surface area contributed by atoms with Crippen molar-refractivity contribution in [3.05, 3.63) is 59.1 Å². The number of nitrogens with zero attached hydrogens (tertiary/aromatic N) is 1. The Morgan fingerprint density at radius 2 is 2.00 bits per heavy atom. The first-order chi connectivity index (χ1) is 12.5. The van der Waals surface area contributed by atoms with Crippen LogP contribution in [-0.4, -0.2) is 31.6 Å². The van der Waals surface area contributed by atoms with Gasteiger partial charge in [-0.3, -0.25) is 0 Å². The predicted octanol–water partition coefficient (Wildman–Crippen LogP) is 4.96. The highest BCUT2D eigenvalue weighted by Gasteiger charge is 2.36. The van der Waals surface area contributed by atoms with Gasteiger partial charge in [-0.1, -0.05) is 37.1 Å². The third-order valence-corrected chi connectivity index (χ3v) is 7.69. The average Bonchev–Trinajstić information content (AvgIpc) is 3.13. The highest BCUT2D eigenvalue weighted by atomic mass is 35.5. The van der Waals surface area contributed by atoms with Gasteiger partial charge in [0.2, 0.25) is 10.0 Å². The summed E-state index contributed by atoms with van der Waals surface area (Å²) in [5.74, 6) is 1.45. The number of sulfonamides is 1. The van der Waals surface area contributed by atoms with E-state index in [4.69, 9.17) is 16.3 Å². The molecular weight excluding hydrogens is 390 g/mol. The van der Waals surface area contributed by atoms with Gasteiger partial charge in [-0.05, 0) is 48.4 Å². The molecule has 140 valence electrons. The van der Waals surface area contributed by atoms with Crippen molar-refractivity contribution in [1.29, 1.82) is 0 Å². The van der Waals surface area contributed by atoms with Gasteiger partial charge in [0.1, 0.15) is 5.75 Å². The molecule has 1 aliphatic rings. The van der Waals surface area contributed by atoms with Crippen molar-refractivity contribution in [3.8, 4) is 5.75 Å². The number of hydrogen-bond donors (Lipinski definition) is 0. The van der Waals surface area contributed by atoms with Crippen molar-refractivity contribution in [2.45, 2.75) is 30.0 Å². The Morgan fingerprint density at radius 3 is 2.69 bits per heavy atom. The molecule has 0 unspecified atom stereocenters. The molecule has 26 heavy (non-hydrogen) atoms. The standard InChI is InChI=1S/C19H22ClNO3S2/c1-2-3-12-24-17-7-9-18(10-8-17)26(22,23)21-11-13-25-19(21)15-5-4-6-16(20)14-15/h4-10,14,19H,2-3,11-13H2,1H3/t19-/m0/s1. The van der Waals surface area contributed by atoms with Crippen LogP contribution in [0, 0.1) is 0 Å². The summed E-state index contributed by atoms with van der Waals surface area (Å²) >= 11 is 7.69. The van der Waals surface area contributed by atoms with Crippen LogP contribution < -0.4 is 4.74 Å². The molecule has 0 saturated carbocycles. The Kier molecular flexibility index (Phi) is 6.51. The molecule has 2 aromatic rings. The van der Waals surface area contributed by atoms with Crippen LogP contribution in [0.1, 0.15) is 30.7 Å². The molecule has 0 spiro atoms. The fourth-order valence-corrected chi connectivity index (χ4v) is 6.23. The van der Waals surface area contributed by atoms with Gasteiger partial charge in [0.15, 0.2) is 0 Å². The fraction of sp³-hybridized carbons (Fsp3) is 0.368. The Hall–Kier alpha value is -1.21. The van der Waals surface area contributed by atoms with Crippen LogP contribution in [0.5, 0.6) is 5.75 Å². The fourth-order valence-electron chi connectivity index (χ4n) is 2.80. The van der Waals surface area contributed by atoms with E-state index in [0.717, 1.165) is 24.2 Å². The molecule has 0 radical (unpaired) electrons. The molecule has 7 heteroatoms. The summed E-state index contributed by atoms with van der Waals surface area (Å²) in [7, 11) is -3.58. The maximum absolute atomic E-state index is 13.1. The van der Waals surface area contributed by atoms with Crippen LogP contribution in [0.15, 0.2) is 53.4 Å². The number of rotatable bonds is 7. The second-order valence-electron chi connectivity index (χ2n) is 6.07. The molecule has 0 aliphatic carbocycles. The van der Waals surface area contributed by atoms with E-state index in [9.17, 15) is 8.42 Å². The molecular formula is C19H22ClNO3S2. The number of unbranched alkanes of at least 4 members (excludes halogenated alkanes) is 1. The van der Waals surface area contributed by atoms with Gasteiger partial charge in [0.05, 0.1) is 16.9 Å². The Bertz CT molecular complexity index is 840. The monoisotopic (exact) mass is 411 g/mol. The van der Waals surface area contributed by atoms with Crippen molar-refractivity contribution in [1.82, 2.24) is 4.31 Å². The molecule has 1 aliphatic heterocycles. The number of halogens is 1. The molecule has 4 nitrogen and oxygen atoms in total. The van der Waals surface area contributed by atoms with Crippen LogP contribution in [0.3, 0.4) is 0 Å². The highest BCUT2D eigenvalue weighted by Crippen LogP contribution is 2.42. The number of benzene rings is 2. The summed E-state index contributed by atoms with van der Waals surface area (Å²) in [5, 5.41) is 0.361. The highest BCUT2D eigenvalue weighted by molar-refractivity contribution is 8.01. The molecule has 0 amide bonds. The molecule has 0 aromatic heterocycles. The van der Waals surface area contributed by atoms with E-state index in [-0.39, 0.29) is 10.3 Å². The van der Waals surface area contributed by atoms with Crippen LogP contribution in [0.4, 0.5) is 0 Å². The van der Waals surface area contributed by atoms with Gasteiger partial charge in [0.25, 0.3) is 0 Å². The second-order valence-corrected chi connectivity index (χ2v) is 9.58. The minimum Gasteiger partial charge on any atom is -0.494 e. The maximum atomic E-state index is 13.1. The second kappa shape index (κ2) is 8.65. The van der Waals surface area contributed by atoms with E-state index in [0.29, 0.717) is 23.9 Å². The summed E-state index contributed by atoms with van der Waals surface area (Å²) in [6, 6.07) is 14.1. The van der Waals surface area contributed by atoms with Crippen LogP contribution in [-0.2, 0) is 10.0 Å². The molecule has 0 bridgehead atoms. The van der Waals surface area contributed by atoms with E-state index in [2.05, 4.69) is 6.92 Å². The Morgan fingerprint density at radius 1 is 1.23 bits per heavy atom. The first-order valence-electron chi connectivity index (χ1n) is 8.64. The van der Waals surface area contributed by atoms with Gasteiger partial charge in [0, 0.05) is 17.3 Å². The van der Waals surface area contributed by atoms with Crippen molar-refractivity contribution in [3.63, 3.8) is 0 Å². The summed E-state index contributed by atoms with van der Waals surface area (Å²) in [5.41, 5.74) is 0.906. The van der Waals surface area contributed by atoms with Gasteiger partial charge < -0.3 is 4.74 Å². The van der Waals surface area contributed by atoms with Gasteiger partial charge in [-0.15, -0.1) is 11.8 Å². The SMILES string of the molecule is CCCCOc1ccc(S(=O)(=O)N2CCS[C@H]2c2cccc(Cl)c2)cc1. The molecule has 1 fully saturated rings. The third-order valence-electron chi connectivity index (χ3n) is 4.18. The molecule has 1 atom stereocenters. The summed E-state index contributed by atoms with van der Waals surface area (Å²) in [6.45, 7) is 3.23. The number of ether oxygens (including phenoxy) is 1. The van der Waals surface area contributed by atoms with Crippen molar-refractivity contribution in [2.75, 3.05) is 18.9 Å². The quantitative estimate of drug-likeness (QED) is 0.604. The van der Waals surface area contributed by atoms with Gasteiger partial charge >= 0.3 is 0 Å². The minimum atomic E-state index is -3.58. The third kappa shape index (κ3) is 4.36. The lowest BCUT2D eigenvalue weighted by molar-refractivity contribution is 0.309. The lowest BCUT2D eigenvalue weighted by Gasteiger charge is -2.23. The van der Waals surface area contributed by atoms with Gasteiger partial charge in [-0.2, -0.15) is 4.31 Å². The Labute approximate surface area is 164 Å². The largest absolute Gasteiger partial charge is 0.494 e. The minimum absolute atomic E-state index is 0.251. The van der Waals surface area contributed by atoms with E-state index >= 15 is 0 Å². The summed E-state index contributed by atoms with van der Waals surface area (Å²) in [4.78, 5) is 0.287.